The Morgan fingerprint density at radius 1 is 1.00 bits per heavy atom. The average molecular weight is 333 g/mol. The summed E-state index contributed by atoms with van der Waals surface area (Å²) in [6, 6.07) is 9.45. The third-order valence-corrected chi connectivity index (χ3v) is 3.66. The van der Waals surface area contributed by atoms with Crippen LogP contribution in [-0.2, 0) is 14.3 Å². The molecule has 1 aromatic carbocycles. The van der Waals surface area contributed by atoms with Gasteiger partial charge in [-0.1, -0.05) is 18.2 Å². The van der Waals surface area contributed by atoms with E-state index < -0.39 is 5.60 Å². The molecule has 24 heavy (non-hydrogen) atoms. The molecule has 6 nitrogen and oxygen atoms in total. The standard InChI is InChI=1S/C18H27N3O3/c1-18(2,3)24-17(23)14-21-11-9-20(10-12-21)13-16(22)19-15-7-5-4-6-8-15/h4-8H,9-14H2,1-3H3,(H,19,22). The fourth-order valence-corrected chi connectivity index (χ4v) is 2.59. The number of esters is 1. The summed E-state index contributed by atoms with van der Waals surface area (Å²) in [6.07, 6.45) is 0. The fourth-order valence-electron chi connectivity index (χ4n) is 2.59. The van der Waals surface area contributed by atoms with Gasteiger partial charge < -0.3 is 10.1 Å². The average Bonchev–Trinajstić information content (AvgIpc) is 2.48. The molecule has 0 spiro atoms. The predicted molar refractivity (Wildman–Crippen MR) is 93.8 cm³/mol. The van der Waals surface area contributed by atoms with Crippen LogP contribution in [0.5, 0.6) is 0 Å². The lowest BCUT2D eigenvalue weighted by Crippen LogP contribution is -2.50. The minimum Gasteiger partial charge on any atom is -0.459 e. The second kappa shape index (κ2) is 8.26. The first-order valence-electron chi connectivity index (χ1n) is 8.33. The molecule has 0 aromatic heterocycles. The molecule has 1 aromatic rings. The van der Waals surface area contributed by atoms with Gasteiger partial charge in [0.1, 0.15) is 5.60 Å². The molecule has 0 aliphatic carbocycles. The minimum atomic E-state index is -0.450. The Kier molecular flexibility index (Phi) is 6.34. The van der Waals surface area contributed by atoms with Crippen LogP contribution < -0.4 is 5.32 Å². The van der Waals surface area contributed by atoms with Crippen LogP contribution in [0.1, 0.15) is 20.8 Å². The molecule has 0 bridgehead atoms. The van der Waals surface area contributed by atoms with Gasteiger partial charge in [0, 0.05) is 31.9 Å². The third kappa shape index (κ3) is 6.68. The van der Waals surface area contributed by atoms with Crippen LogP contribution in [0.25, 0.3) is 0 Å². The fraction of sp³-hybridized carbons (Fsp3) is 0.556. The van der Waals surface area contributed by atoms with E-state index in [9.17, 15) is 9.59 Å². The van der Waals surface area contributed by atoms with Gasteiger partial charge >= 0.3 is 5.97 Å². The molecule has 0 unspecified atom stereocenters. The SMILES string of the molecule is CC(C)(C)OC(=O)CN1CCN(CC(=O)Nc2ccccc2)CC1. The molecule has 1 aliphatic rings. The number of rotatable bonds is 5. The number of anilines is 1. The lowest BCUT2D eigenvalue weighted by molar-refractivity contribution is -0.156. The van der Waals surface area contributed by atoms with Crippen LogP contribution in [0.4, 0.5) is 5.69 Å². The van der Waals surface area contributed by atoms with Gasteiger partial charge in [-0.05, 0) is 32.9 Å². The zero-order valence-electron chi connectivity index (χ0n) is 14.7. The van der Waals surface area contributed by atoms with Gasteiger partial charge in [0.25, 0.3) is 0 Å². The number of para-hydroxylation sites is 1. The Labute approximate surface area is 143 Å². The maximum absolute atomic E-state index is 12.1. The van der Waals surface area contributed by atoms with Crippen molar-refractivity contribution in [3.8, 4) is 0 Å². The van der Waals surface area contributed by atoms with E-state index in [0.29, 0.717) is 13.1 Å². The highest BCUT2D eigenvalue weighted by Crippen LogP contribution is 2.09. The number of nitrogens with zero attached hydrogens (tertiary/aromatic N) is 2. The summed E-state index contributed by atoms with van der Waals surface area (Å²) in [5.74, 6) is -0.209. The highest BCUT2D eigenvalue weighted by molar-refractivity contribution is 5.92. The Morgan fingerprint density at radius 2 is 1.54 bits per heavy atom. The van der Waals surface area contributed by atoms with Crippen molar-refractivity contribution in [3.05, 3.63) is 30.3 Å². The van der Waals surface area contributed by atoms with Crippen LogP contribution in [-0.4, -0.2) is 66.5 Å². The first-order valence-corrected chi connectivity index (χ1v) is 8.33. The molecule has 1 saturated heterocycles. The number of amides is 1. The smallest absolute Gasteiger partial charge is 0.320 e. The third-order valence-electron chi connectivity index (χ3n) is 3.66. The van der Waals surface area contributed by atoms with E-state index in [4.69, 9.17) is 4.74 Å². The van der Waals surface area contributed by atoms with Crippen LogP contribution in [0, 0.1) is 0 Å². The van der Waals surface area contributed by atoms with Crippen molar-refractivity contribution in [2.75, 3.05) is 44.6 Å². The number of carbonyl (C=O) groups is 2. The van der Waals surface area contributed by atoms with Crippen molar-refractivity contribution in [1.29, 1.82) is 0 Å². The van der Waals surface area contributed by atoms with E-state index in [1.807, 2.05) is 51.1 Å². The van der Waals surface area contributed by atoms with Gasteiger partial charge in [0.2, 0.25) is 5.91 Å². The number of ether oxygens (including phenoxy) is 1. The van der Waals surface area contributed by atoms with Crippen molar-refractivity contribution in [1.82, 2.24) is 9.80 Å². The highest BCUT2D eigenvalue weighted by atomic mass is 16.6. The van der Waals surface area contributed by atoms with E-state index in [1.54, 1.807) is 0 Å². The highest BCUT2D eigenvalue weighted by Gasteiger charge is 2.23. The maximum atomic E-state index is 12.1. The normalized spacial score (nSPS) is 16.6. The predicted octanol–water partition coefficient (Wildman–Crippen LogP) is 1.58. The Bertz CT molecular complexity index is 546. The summed E-state index contributed by atoms with van der Waals surface area (Å²) in [5, 5.41) is 2.89. The summed E-state index contributed by atoms with van der Waals surface area (Å²) in [4.78, 5) is 28.1. The van der Waals surface area contributed by atoms with Crippen molar-refractivity contribution in [3.63, 3.8) is 0 Å². The minimum absolute atomic E-state index is 0.0122. The largest absolute Gasteiger partial charge is 0.459 e. The lowest BCUT2D eigenvalue weighted by atomic mass is 10.2. The zero-order valence-corrected chi connectivity index (χ0v) is 14.7. The van der Waals surface area contributed by atoms with E-state index in [2.05, 4.69) is 15.1 Å². The monoisotopic (exact) mass is 333 g/mol. The molecular formula is C18H27N3O3. The van der Waals surface area contributed by atoms with Gasteiger partial charge in [-0.2, -0.15) is 0 Å². The number of hydrogen-bond donors (Lipinski definition) is 1. The van der Waals surface area contributed by atoms with E-state index in [0.717, 1.165) is 31.9 Å². The number of hydrogen-bond acceptors (Lipinski definition) is 5. The molecule has 1 aliphatic heterocycles. The van der Waals surface area contributed by atoms with Crippen molar-refractivity contribution >= 4 is 17.6 Å². The Morgan fingerprint density at radius 3 is 2.08 bits per heavy atom. The van der Waals surface area contributed by atoms with Gasteiger partial charge in [-0.3, -0.25) is 19.4 Å². The molecule has 0 atom stereocenters. The van der Waals surface area contributed by atoms with Crippen molar-refractivity contribution in [2.24, 2.45) is 0 Å². The lowest BCUT2D eigenvalue weighted by Gasteiger charge is -2.34. The van der Waals surface area contributed by atoms with Gasteiger partial charge in [0.05, 0.1) is 13.1 Å². The molecular weight excluding hydrogens is 306 g/mol. The van der Waals surface area contributed by atoms with Crippen molar-refractivity contribution in [2.45, 2.75) is 26.4 Å². The van der Waals surface area contributed by atoms with E-state index in [1.165, 1.54) is 0 Å². The topological polar surface area (TPSA) is 61.9 Å². The van der Waals surface area contributed by atoms with Crippen LogP contribution in [0.15, 0.2) is 30.3 Å². The molecule has 2 rings (SSSR count). The molecule has 1 fully saturated rings. The molecule has 0 saturated carbocycles. The second-order valence-corrected chi connectivity index (χ2v) is 7.05. The van der Waals surface area contributed by atoms with Crippen LogP contribution >= 0.6 is 0 Å². The second-order valence-electron chi connectivity index (χ2n) is 7.05. The van der Waals surface area contributed by atoms with E-state index >= 15 is 0 Å². The first kappa shape index (κ1) is 18.4. The number of benzene rings is 1. The van der Waals surface area contributed by atoms with Gasteiger partial charge in [0.15, 0.2) is 0 Å². The summed E-state index contributed by atoms with van der Waals surface area (Å²) >= 11 is 0. The molecule has 1 amide bonds. The van der Waals surface area contributed by atoms with Gasteiger partial charge in [-0.15, -0.1) is 0 Å². The Balaban J connectivity index is 1.69. The molecule has 0 radical (unpaired) electrons. The summed E-state index contributed by atoms with van der Waals surface area (Å²) in [7, 11) is 0. The molecule has 6 heteroatoms. The number of piperazine rings is 1. The van der Waals surface area contributed by atoms with E-state index in [-0.39, 0.29) is 11.9 Å². The molecule has 1 N–H and O–H groups in total. The first-order chi connectivity index (χ1) is 11.3. The van der Waals surface area contributed by atoms with Crippen LogP contribution in [0.2, 0.25) is 0 Å². The molecule has 132 valence electrons. The van der Waals surface area contributed by atoms with Gasteiger partial charge in [-0.25, -0.2) is 0 Å². The summed E-state index contributed by atoms with van der Waals surface area (Å²) in [5.41, 5.74) is 0.361. The molecule has 1 heterocycles. The maximum Gasteiger partial charge on any atom is 0.320 e. The number of nitrogens with one attached hydrogen (secondary N) is 1. The zero-order chi connectivity index (χ0) is 17.6. The number of carbonyl (C=O) groups excluding carboxylic acids is 2. The summed E-state index contributed by atoms with van der Waals surface area (Å²) < 4.78 is 5.34. The summed E-state index contributed by atoms with van der Waals surface area (Å²) in [6.45, 7) is 9.35. The van der Waals surface area contributed by atoms with Crippen LogP contribution in [0.3, 0.4) is 0 Å². The van der Waals surface area contributed by atoms with Crippen molar-refractivity contribution < 1.29 is 14.3 Å². The Hall–Kier alpha value is -1.92. The quantitative estimate of drug-likeness (QED) is 0.829.